The van der Waals surface area contributed by atoms with Gasteiger partial charge in [-0.25, -0.2) is 0 Å². The second-order valence-electron chi connectivity index (χ2n) is 9.49. The minimum absolute atomic E-state index is 0.145. The number of Topliss-reactive ketones (excluding diaryl/α,β-unsaturated/α-hetero) is 1. The first kappa shape index (κ1) is 24.3. The predicted octanol–water partition coefficient (Wildman–Crippen LogP) is 0.257. The summed E-state index contributed by atoms with van der Waals surface area (Å²) in [5, 5.41) is 20.1. The van der Waals surface area contributed by atoms with Crippen LogP contribution in [0.3, 0.4) is 0 Å². The van der Waals surface area contributed by atoms with E-state index in [0.717, 1.165) is 0 Å². The van der Waals surface area contributed by atoms with E-state index < -0.39 is 47.2 Å². The number of esters is 1. The molecule has 9 nitrogen and oxygen atoms in total. The van der Waals surface area contributed by atoms with E-state index in [1.54, 1.807) is 20.8 Å². The fourth-order valence-electron chi connectivity index (χ4n) is 4.46. The van der Waals surface area contributed by atoms with Gasteiger partial charge in [0.2, 0.25) is 5.91 Å². The zero-order valence-electron chi connectivity index (χ0n) is 18.7. The van der Waals surface area contributed by atoms with E-state index in [-0.39, 0.29) is 24.7 Å². The number of hydrogen-bond acceptors (Lipinski definition) is 7. The first-order valence-electron chi connectivity index (χ1n) is 10.4. The van der Waals surface area contributed by atoms with Crippen LogP contribution in [-0.4, -0.2) is 86.1 Å². The number of ether oxygens (including phenoxy) is 1. The van der Waals surface area contributed by atoms with Crippen LogP contribution >= 0.6 is 0 Å². The van der Waals surface area contributed by atoms with Crippen LogP contribution in [0.4, 0.5) is 0 Å². The zero-order chi connectivity index (χ0) is 23.0. The van der Waals surface area contributed by atoms with E-state index in [9.17, 15) is 29.4 Å². The summed E-state index contributed by atoms with van der Waals surface area (Å²) in [5.74, 6) is -2.80. The van der Waals surface area contributed by atoms with Gasteiger partial charge in [-0.15, -0.1) is 0 Å². The number of ketones is 1. The molecule has 0 aliphatic carbocycles. The van der Waals surface area contributed by atoms with Gasteiger partial charge in [-0.1, -0.05) is 0 Å². The first-order chi connectivity index (χ1) is 13.7. The molecule has 0 saturated carbocycles. The Labute approximate surface area is 177 Å². The molecule has 30 heavy (non-hydrogen) atoms. The molecule has 0 aromatic rings. The number of rotatable bonds is 7. The Hall–Kier alpha value is -2.00. The lowest BCUT2D eigenvalue weighted by Gasteiger charge is -2.54. The average Bonchev–Trinajstić information content (AvgIpc) is 3.02. The quantitative estimate of drug-likeness (QED) is 0.442. The van der Waals surface area contributed by atoms with Crippen molar-refractivity contribution in [3.8, 4) is 0 Å². The van der Waals surface area contributed by atoms with Crippen LogP contribution in [-0.2, 0) is 23.9 Å². The summed E-state index contributed by atoms with van der Waals surface area (Å²) in [6.07, 6.45) is -1.37. The number of aliphatic hydroxyl groups excluding tert-OH is 2. The molecular formula is C21H34N2O7. The second kappa shape index (κ2) is 8.63. The number of hydrogen-bond donors (Lipinski definition) is 2. The van der Waals surface area contributed by atoms with Crippen molar-refractivity contribution in [2.45, 2.75) is 90.2 Å². The van der Waals surface area contributed by atoms with Crippen LogP contribution in [0.25, 0.3) is 0 Å². The molecule has 9 heteroatoms. The highest BCUT2D eigenvalue weighted by molar-refractivity contribution is 6.01. The molecule has 0 bridgehead atoms. The van der Waals surface area contributed by atoms with Crippen molar-refractivity contribution in [1.29, 1.82) is 0 Å². The smallest absolute Gasteiger partial charge is 0.307 e. The van der Waals surface area contributed by atoms with Crippen molar-refractivity contribution < 1.29 is 34.1 Å². The molecule has 2 fully saturated rings. The van der Waals surface area contributed by atoms with Crippen LogP contribution < -0.4 is 0 Å². The maximum atomic E-state index is 13.3. The van der Waals surface area contributed by atoms with Gasteiger partial charge in [0, 0.05) is 6.54 Å². The summed E-state index contributed by atoms with van der Waals surface area (Å²) in [6.45, 7) is 9.83. The van der Waals surface area contributed by atoms with E-state index in [1.807, 2.05) is 0 Å². The Morgan fingerprint density at radius 2 is 1.77 bits per heavy atom. The second-order valence-corrected chi connectivity index (χ2v) is 9.49. The van der Waals surface area contributed by atoms with E-state index in [4.69, 9.17) is 4.74 Å². The number of nitrogens with zero attached hydrogens (tertiary/aromatic N) is 2. The van der Waals surface area contributed by atoms with E-state index >= 15 is 0 Å². The van der Waals surface area contributed by atoms with Crippen LogP contribution in [0.2, 0.25) is 0 Å². The van der Waals surface area contributed by atoms with Crippen molar-refractivity contribution in [3.05, 3.63) is 0 Å². The van der Waals surface area contributed by atoms with Crippen molar-refractivity contribution >= 4 is 23.6 Å². The fourth-order valence-corrected chi connectivity index (χ4v) is 4.46. The van der Waals surface area contributed by atoms with Gasteiger partial charge in [0.15, 0.2) is 5.78 Å². The van der Waals surface area contributed by atoms with Gasteiger partial charge in [0.1, 0.15) is 17.2 Å². The predicted molar refractivity (Wildman–Crippen MR) is 107 cm³/mol. The minimum Gasteiger partial charge on any atom is -0.460 e. The molecule has 0 aromatic heterocycles. The Morgan fingerprint density at radius 3 is 2.20 bits per heavy atom. The lowest BCUT2D eigenvalue weighted by molar-refractivity contribution is -0.179. The van der Waals surface area contributed by atoms with E-state index in [2.05, 4.69) is 0 Å². The van der Waals surface area contributed by atoms with Crippen molar-refractivity contribution in [2.75, 3.05) is 13.1 Å². The van der Waals surface area contributed by atoms with Crippen LogP contribution in [0, 0.1) is 5.92 Å². The third kappa shape index (κ3) is 4.67. The van der Waals surface area contributed by atoms with Crippen molar-refractivity contribution in [3.63, 3.8) is 0 Å². The monoisotopic (exact) mass is 426 g/mol. The highest BCUT2D eigenvalue weighted by Gasteiger charge is 2.62. The normalized spacial score (nSPS) is 25.5. The van der Waals surface area contributed by atoms with Crippen LogP contribution in [0.15, 0.2) is 0 Å². The molecule has 2 amide bonds. The summed E-state index contributed by atoms with van der Waals surface area (Å²) in [4.78, 5) is 53.2. The fraction of sp³-hybridized carbons (Fsp3) is 0.810. The molecule has 0 radical (unpaired) electrons. The molecule has 2 saturated heterocycles. The molecular weight excluding hydrogens is 392 g/mol. The summed E-state index contributed by atoms with van der Waals surface area (Å²) in [6, 6.07) is -0.949. The largest absolute Gasteiger partial charge is 0.460 e. The molecule has 2 heterocycles. The average molecular weight is 427 g/mol. The van der Waals surface area contributed by atoms with E-state index in [1.165, 1.54) is 30.6 Å². The Balaban J connectivity index is 2.19. The Bertz CT molecular complexity index is 713. The number of carbonyl (C=O) groups is 4. The van der Waals surface area contributed by atoms with Gasteiger partial charge >= 0.3 is 5.97 Å². The molecule has 170 valence electrons. The topological polar surface area (TPSA) is 124 Å². The van der Waals surface area contributed by atoms with Gasteiger partial charge < -0.3 is 24.7 Å². The zero-order valence-corrected chi connectivity index (χ0v) is 18.7. The standard InChI is InChI=1S/C21H34N2O7/c1-12(24)15(10-16(27)30-20(4,5)6)18(28)23-9-7-8-21(23)11-22(19(21)29)17(13(2)25)14(3)26/h12-13,15,17,24-25H,7-11H2,1-6H3/t12-,13-,15+,17+,21?/m1/s1. The molecule has 2 N–H and O–H groups in total. The van der Waals surface area contributed by atoms with E-state index in [0.29, 0.717) is 19.4 Å². The minimum atomic E-state index is -1.10. The van der Waals surface area contributed by atoms with Gasteiger partial charge in [-0.3, -0.25) is 19.2 Å². The SMILES string of the molecule is CC(=O)[C@H]([C@@H](C)O)N1CC2(CCCN2C(=O)[C@@H](CC(=O)OC(C)(C)C)[C@@H](C)O)C1=O. The summed E-state index contributed by atoms with van der Waals surface area (Å²) >= 11 is 0. The molecule has 5 atom stereocenters. The number of β-lactam (4-membered cyclic amide) rings is 1. The maximum Gasteiger partial charge on any atom is 0.307 e. The highest BCUT2D eigenvalue weighted by atomic mass is 16.6. The van der Waals surface area contributed by atoms with Crippen LogP contribution in [0.1, 0.15) is 60.8 Å². The lowest BCUT2D eigenvalue weighted by atomic mass is 9.82. The number of aliphatic hydroxyl groups is 2. The Kier molecular flexibility index (Phi) is 6.98. The lowest BCUT2D eigenvalue weighted by Crippen LogP contribution is -2.76. The van der Waals surface area contributed by atoms with Crippen molar-refractivity contribution in [1.82, 2.24) is 9.80 Å². The number of carbonyl (C=O) groups excluding carboxylic acids is 4. The first-order valence-corrected chi connectivity index (χ1v) is 10.4. The summed E-state index contributed by atoms with van der Waals surface area (Å²) in [5.41, 5.74) is -1.80. The van der Waals surface area contributed by atoms with Gasteiger partial charge in [-0.2, -0.15) is 0 Å². The number of amides is 2. The molecule has 2 rings (SSSR count). The molecule has 2 aliphatic heterocycles. The third-order valence-corrected chi connectivity index (χ3v) is 5.76. The summed E-state index contributed by atoms with van der Waals surface area (Å²) in [7, 11) is 0. The van der Waals surface area contributed by atoms with Gasteiger partial charge in [-0.05, 0) is 54.4 Å². The van der Waals surface area contributed by atoms with Gasteiger partial charge in [0.25, 0.3) is 5.91 Å². The molecule has 0 aromatic carbocycles. The summed E-state index contributed by atoms with van der Waals surface area (Å²) < 4.78 is 5.28. The molecule has 1 spiro atoms. The van der Waals surface area contributed by atoms with Crippen LogP contribution in [0.5, 0.6) is 0 Å². The number of likely N-dealkylation sites (tertiary alicyclic amines) is 2. The molecule has 1 unspecified atom stereocenters. The molecule has 2 aliphatic rings. The maximum absolute atomic E-state index is 13.3. The third-order valence-electron chi connectivity index (χ3n) is 5.76. The van der Waals surface area contributed by atoms with Gasteiger partial charge in [0.05, 0.1) is 31.1 Å². The highest BCUT2D eigenvalue weighted by Crippen LogP contribution is 2.41. The van der Waals surface area contributed by atoms with Crippen molar-refractivity contribution in [2.24, 2.45) is 5.92 Å². The Morgan fingerprint density at radius 1 is 1.17 bits per heavy atom.